The molecule has 112 valence electrons. The lowest BCUT2D eigenvalue weighted by molar-refractivity contribution is 0.0821. The Kier molecular flexibility index (Phi) is 4.47. The van der Waals surface area contributed by atoms with Crippen LogP contribution in [0.4, 0.5) is 0 Å². The molecular formula is C15H18N2O4. The number of ether oxygens (including phenoxy) is 2. The number of para-hydroxylation sites is 1. The molecule has 0 unspecified atom stereocenters. The maximum atomic E-state index is 12.2. The van der Waals surface area contributed by atoms with E-state index < -0.39 is 0 Å². The Bertz CT molecular complexity index is 634. The molecule has 0 N–H and O–H groups in total. The second kappa shape index (κ2) is 6.30. The number of carbonyl (C=O) groups is 1. The molecule has 0 fully saturated rings. The average molecular weight is 290 g/mol. The zero-order valence-electron chi connectivity index (χ0n) is 12.5. The number of aromatic nitrogens is 1. The van der Waals surface area contributed by atoms with Crippen molar-refractivity contribution < 1.29 is 18.7 Å². The first kappa shape index (κ1) is 14.9. The summed E-state index contributed by atoms with van der Waals surface area (Å²) < 4.78 is 16.3. The summed E-state index contributed by atoms with van der Waals surface area (Å²) in [7, 11) is 4.90. The number of hydrogen-bond donors (Lipinski definition) is 0. The highest BCUT2D eigenvalue weighted by Gasteiger charge is 2.19. The standard InChI is InChI=1S/C15H18N2O4/c1-10-8-16-13(21-10)9-20-14-11(15(18)17(2)3)6-5-7-12(14)19-4/h5-8H,9H2,1-4H3. The zero-order valence-corrected chi connectivity index (χ0v) is 12.5. The minimum absolute atomic E-state index is 0.127. The summed E-state index contributed by atoms with van der Waals surface area (Å²) >= 11 is 0. The molecule has 0 saturated carbocycles. The molecule has 0 aliphatic heterocycles. The van der Waals surface area contributed by atoms with Crippen LogP contribution in [0.1, 0.15) is 22.0 Å². The normalized spacial score (nSPS) is 10.3. The summed E-state index contributed by atoms with van der Waals surface area (Å²) in [6, 6.07) is 5.18. The van der Waals surface area contributed by atoms with Crippen LogP contribution >= 0.6 is 0 Å². The number of methoxy groups -OCH3 is 1. The lowest BCUT2D eigenvalue weighted by Crippen LogP contribution is -2.22. The molecule has 0 spiro atoms. The van der Waals surface area contributed by atoms with E-state index in [2.05, 4.69) is 4.98 Å². The molecular weight excluding hydrogens is 272 g/mol. The van der Waals surface area contributed by atoms with Gasteiger partial charge in [-0.05, 0) is 19.1 Å². The van der Waals surface area contributed by atoms with E-state index in [1.54, 1.807) is 45.4 Å². The van der Waals surface area contributed by atoms with Gasteiger partial charge in [0.2, 0.25) is 5.89 Å². The van der Waals surface area contributed by atoms with Crippen LogP contribution in [-0.4, -0.2) is 37.0 Å². The van der Waals surface area contributed by atoms with E-state index in [0.717, 1.165) is 0 Å². The molecule has 2 rings (SSSR count). The highest BCUT2D eigenvalue weighted by atomic mass is 16.5. The predicted octanol–water partition coefficient (Wildman–Crippen LogP) is 2.27. The number of benzene rings is 1. The Morgan fingerprint density at radius 1 is 1.38 bits per heavy atom. The Morgan fingerprint density at radius 3 is 2.71 bits per heavy atom. The number of hydrogen-bond acceptors (Lipinski definition) is 5. The average Bonchev–Trinajstić information content (AvgIpc) is 2.89. The van der Waals surface area contributed by atoms with Crippen molar-refractivity contribution in [2.24, 2.45) is 0 Å². The Labute approximate surface area is 123 Å². The largest absolute Gasteiger partial charge is 0.493 e. The number of rotatable bonds is 5. The summed E-state index contributed by atoms with van der Waals surface area (Å²) in [6.07, 6.45) is 1.62. The Balaban J connectivity index is 2.29. The van der Waals surface area contributed by atoms with Gasteiger partial charge in [-0.15, -0.1) is 0 Å². The SMILES string of the molecule is COc1cccc(C(=O)N(C)C)c1OCc1ncc(C)o1. The Morgan fingerprint density at radius 2 is 2.14 bits per heavy atom. The van der Waals surface area contributed by atoms with Gasteiger partial charge in [0.05, 0.1) is 18.9 Å². The van der Waals surface area contributed by atoms with Crippen LogP contribution in [0, 0.1) is 6.92 Å². The van der Waals surface area contributed by atoms with Crippen LogP contribution in [0.3, 0.4) is 0 Å². The first-order valence-corrected chi connectivity index (χ1v) is 6.45. The summed E-state index contributed by atoms with van der Waals surface area (Å²) in [5, 5.41) is 0. The van der Waals surface area contributed by atoms with Crippen molar-refractivity contribution in [3.63, 3.8) is 0 Å². The van der Waals surface area contributed by atoms with E-state index >= 15 is 0 Å². The van der Waals surface area contributed by atoms with E-state index in [0.29, 0.717) is 28.7 Å². The summed E-state index contributed by atoms with van der Waals surface area (Å²) in [4.78, 5) is 17.8. The molecule has 6 heteroatoms. The van der Waals surface area contributed by atoms with Crippen LogP contribution in [0.25, 0.3) is 0 Å². The fourth-order valence-electron chi connectivity index (χ4n) is 1.84. The topological polar surface area (TPSA) is 64.8 Å². The highest BCUT2D eigenvalue weighted by Crippen LogP contribution is 2.32. The number of amides is 1. The third-order valence-electron chi connectivity index (χ3n) is 2.84. The summed E-state index contributed by atoms with van der Waals surface area (Å²) in [6.45, 7) is 1.93. The van der Waals surface area contributed by atoms with Gasteiger partial charge >= 0.3 is 0 Å². The third kappa shape index (κ3) is 3.34. The molecule has 0 radical (unpaired) electrons. The minimum atomic E-state index is -0.160. The predicted molar refractivity (Wildman–Crippen MR) is 76.6 cm³/mol. The first-order valence-electron chi connectivity index (χ1n) is 6.45. The van der Waals surface area contributed by atoms with Crippen molar-refractivity contribution >= 4 is 5.91 Å². The van der Waals surface area contributed by atoms with Crippen LogP contribution < -0.4 is 9.47 Å². The van der Waals surface area contributed by atoms with Crippen molar-refractivity contribution in [3.8, 4) is 11.5 Å². The number of carbonyl (C=O) groups excluding carboxylic acids is 1. The molecule has 0 aliphatic carbocycles. The van der Waals surface area contributed by atoms with Crippen molar-refractivity contribution in [3.05, 3.63) is 41.6 Å². The van der Waals surface area contributed by atoms with Crippen LogP contribution in [0.5, 0.6) is 11.5 Å². The fraction of sp³-hybridized carbons (Fsp3) is 0.333. The number of nitrogens with zero attached hydrogens (tertiary/aromatic N) is 2. The second-order valence-corrected chi connectivity index (χ2v) is 4.69. The lowest BCUT2D eigenvalue weighted by Gasteiger charge is -2.16. The van der Waals surface area contributed by atoms with Crippen LogP contribution in [-0.2, 0) is 6.61 Å². The minimum Gasteiger partial charge on any atom is -0.493 e. The fourth-order valence-corrected chi connectivity index (χ4v) is 1.84. The zero-order chi connectivity index (χ0) is 15.4. The maximum Gasteiger partial charge on any atom is 0.257 e. The molecule has 6 nitrogen and oxygen atoms in total. The van der Waals surface area contributed by atoms with Gasteiger partial charge in [0.25, 0.3) is 5.91 Å². The van der Waals surface area contributed by atoms with Gasteiger partial charge in [-0.3, -0.25) is 4.79 Å². The third-order valence-corrected chi connectivity index (χ3v) is 2.84. The van der Waals surface area contributed by atoms with E-state index in [-0.39, 0.29) is 12.5 Å². The number of oxazole rings is 1. The van der Waals surface area contributed by atoms with Crippen molar-refractivity contribution in [2.75, 3.05) is 21.2 Å². The monoisotopic (exact) mass is 290 g/mol. The number of aryl methyl sites for hydroxylation is 1. The molecule has 1 amide bonds. The molecule has 0 saturated heterocycles. The summed E-state index contributed by atoms with van der Waals surface area (Å²) in [5.74, 6) is 1.87. The lowest BCUT2D eigenvalue weighted by atomic mass is 10.1. The van der Waals surface area contributed by atoms with Gasteiger partial charge in [0, 0.05) is 14.1 Å². The van der Waals surface area contributed by atoms with Gasteiger partial charge in [0.1, 0.15) is 5.76 Å². The smallest absolute Gasteiger partial charge is 0.257 e. The van der Waals surface area contributed by atoms with Gasteiger partial charge in [-0.25, -0.2) is 4.98 Å². The molecule has 0 bridgehead atoms. The second-order valence-electron chi connectivity index (χ2n) is 4.69. The highest BCUT2D eigenvalue weighted by molar-refractivity contribution is 5.97. The van der Waals surface area contributed by atoms with Gasteiger partial charge < -0.3 is 18.8 Å². The van der Waals surface area contributed by atoms with Gasteiger partial charge in [-0.2, -0.15) is 0 Å². The Hall–Kier alpha value is -2.50. The molecule has 2 aromatic rings. The molecule has 0 aliphatic rings. The maximum absolute atomic E-state index is 12.2. The van der Waals surface area contributed by atoms with Crippen LogP contribution in [0.15, 0.2) is 28.8 Å². The van der Waals surface area contributed by atoms with Crippen molar-refractivity contribution in [2.45, 2.75) is 13.5 Å². The molecule has 1 aromatic heterocycles. The molecule has 1 heterocycles. The van der Waals surface area contributed by atoms with Crippen molar-refractivity contribution in [1.29, 1.82) is 0 Å². The van der Waals surface area contributed by atoms with Crippen LogP contribution in [0.2, 0.25) is 0 Å². The van der Waals surface area contributed by atoms with Crippen molar-refractivity contribution in [1.82, 2.24) is 9.88 Å². The van der Waals surface area contributed by atoms with E-state index in [4.69, 9.17) is 13.9 Å². The molecule has 0 atom stereocenters. The quantitative estimate of drug-likeness (QED) is 0.845. The first-order chi connectivity index (χ1) is 10.0. The van der Waals surface area contributed by atoms with Gasteiger partial charge in [-0.1, -0.05) is 6.07 Å². The van der Waals surface area contributed by atoms with Gasteiger partial charge in [0.15, 0.2) is 18.1 Å². The van der Waals surface area contributed by atoms with E-state index in [9.17, 15) is 4.79 Å². The summed E-state index contributed by atoms with van der Waals surface area (Å²) in [5.41, 5.74) is 0.433. The van der Waals surface area contributed by atoms with E-state index in [1.807, 2.05) is 0 Å². The van der Waals surface area contributed by atoms with E-state index in [1.165, 1.54) is 12.0 Å². The molecule has 21 heavy (non-hydrogen) atoms. The molecule has 1 aromatic carbocycles.